The van der Waals surface area contributed by atoms with Gasteiger partial charge in [-0.3, -0.25) is 0 Å². The first kappa shape index (κ1) is 15.4. The van der Waals surface area contributed by atoms with Crippen molar-refractivity contribution in [3.8, 4) is 17.6 Å². The summed E-state index contributed by atoms with van der Waals surface area (Å²) in [4.78, 5) is 0. The quantitative estimate of drug-likeness (QED) is 0.594. The summed E-state index contributed by atoms with van der Waals surface area (Å²) in [6, 6.07) is 12.7. The number of rotatable bonds is 4. The lowest BCUT2D eigenvalue weighted by Crippen LogP contribution is -1.98. The van der Waals surface area contributed by atoms with Crippen LogP contribution < -0.4 is 4.74 Å². The topological polar surface area (TPSA) is 9.23 Å². The van der Waals surface area contributed by atoms with Crippen LogP contribution >= 0.6 is 11.6 Å². The van der Waals surface area contributed by atoms with E-state index in [-0.39, 0.29) is 11.6 Å². The molecule has 0 amide bonds. The fourth-order valence-corrected chi connectivity index (χ4v) is 1.93. The van der Waals surface area contributed by atoms with Crippen molar-refractivity contribution in [1.82, 2.24) is 0 Å². The fraction of sp³-hybridized carbons (Fsp3) is 0.222. The first-order chi connectivity index (χ1) is 10.2. The average molecular weight is 303 g/mol. The first-order valence-electron chi connectivity index (χ1n) is 6.78. The summed E-state index contributed by atoms with van der Waals surface area (Å²) in [5.41, 5.74) is 2.96. The molecule has 21 heavy (non-hydrogen) atoms. The summed E-state index contributed by atoms with van der Waals surface area (Å²) in [6.45, 7) is 2.43. The number of hydrogen-bond donors (Lipinski definition) is 0. The standard InChI is InChI=1S/C18H16ClFO/c1-2-14-5-7-16(8-6-14)13-21-18-12-15(4-3-11-19)9-10-17(18)20/h5-10,12H,2,11,13H2,1H3. The van der Waals surface area contributed by atoms with Gasteiger partial charge in [0.1, 0.15) is 6.61 Å². The summed E-state index contributed by atoms with van der Waals surface area (Å²) in [7, 11) is 0. The van der Waals surface area contributed by atoms with E-state index in [1.54, 1.807) is 12.1 Å². The van der Waals surface area contributed by atoms with E-state index in [2.05, 4.69) is 30.9 Å². The molecule has 0 saturated heterocycles. The summed E-state index contributed by atoms with van der Waals surface area (Å²) in [5.74, 6) is 5.64. The second kappa shape index (κ2) is 7.71. The van der Waals surface area contributed by atoms with Crippen LogP contribution in [0.15, 0.2) is 42.5 Å². The number of benzene rings is 2. The van der Waals surface area contributed by atoms with E-state index in [1.807, 2.05) is 12.1 Å². The molecular formula is C18H16ClFO. The highest BCUT2D eigenvalue weighted by Crippen LogP contribution is 2.20. The molecule has 2 aromatic carbocycles. The van der Waals surface area contributed by atoms with Gasteiger partial charge in [0.2, 0.25) is 0 Å². The molecule has 0 unspecified atom stereocenters. The van der Waals surface area contributed by atoms with Gasteiger partial charge in [-0.1, -0.05) is 43.0 Å². The van der Waals surface area contributed by atoms with E-state index in [1.165, 1.54) is 11.6 Å². The molecule has 0 heterocycles. The van der Waals surface area contributed by atoms with Crippen LogP contribution in [0.2, 0.25) is 0 Å². The van der Waals surface area contributed by atoms with Crippen molar-refractivity contribution in [2.45, 2.75) is 20.0 Å². The van der Waals surface area contributed by atoms with Gasteiger partial charge in [-0.2, -0.15) is 0 Å². The van der Waals surface area contributed by atoms with Crippen molar-refractivity contribution in [1.29, 1.82) is 0 Å². The van der Waals surface area contributed by atoms with Crippen LogP contribution in [-0.2, 0) is 13.0 Å². The van der Waals surface area contributed by atoms with Crippen LogP contribution in [0.1, 0.15) is 23.6 Å². The second-order valence-electron chi connectivity index (χ2n) is 4.54. The molecule has 0 aliphatic carbocycles. The molecule has 0 aliphatic heterocycles. The zero-order valence-electron chi connectivity index (χ0n) is 11.8. The molecule has 1 nitrogen and oxygen atoms in total. The zero-order chi connectivity index (χ0) is 15.1. The Kier molecular flexibility index (Phi) is 5.66. The van der Waals surface area contributed by atoms with Crippen molar-refractivity contribution >= 4 is 11.6 Å². The van der Waals surface area contributed by atoms with Crippen molar-refractivity contribution in [2.75, 3.05) is 5.88 Å². The highest BCUT2D eigenvalue weighted by Gasteiger charge is 2.04. The van der Waals surface area contributed by atoms with Gasteiger partial charge in [0.05, 0.1) is 5.88 Å². The molecule has 0 bridgehead atoms. The number of halogens is 2. The fourth-order valence-electron chi connectivity index (χ4n) is 1.86. The molecule has 0 saturated carbocycles. The maximum absolute atomic E-state index is 13.7. The second-order valence-corrected chi connectivity index (χ2v) is 4.81. The average Bonchev–Trinajstić information content (AvgIpc) is 2.53. The zero-order valence-corrected chi connectivity index (χ0v) is 12.6. The molecular weight excluding hydrogens is 287 g/mol. The maximum Gasteiger partial charge on any atom is 0.165 e. The highest BCUT2D eigenvalue weighted by molar-refractivity contribution is 6.19. The molecule has 0 aliphatic rings. The summed E-state index contributed by atoms with van der Waals surface area (Å²) < 4.78 is 19.3. The van der Waals surface area contributed by atoms with Crippen LogP contribution in [0.3, 0.4) is 0 Å². The molecule has 3 heteroatoms. The molecule has 0 spiro atoms. The summed E-state index contributed by atoms with van der Waals surface area (Å²) >= 11 is 5.51. The molecule has 0 radical (unpaired) electrons. The van der Waals surface area contributed by atoms with E-state index in [0.29, 0.717) is 12.2 Å². The highest BCUT2D eigenvalue weighted by atomic mass is 35.5. The minimum absolute atomic E-state index is 0.205. The Morgan fingerprint density at radius 2 is 1.81 bits per heavy atom. The lowest BCUT2D eigenvalue weighted by molar-refractivity contribution is 0.290. The Hall–Kier alpha value is -1.98. The minimum Gasteiger partial charge on any atom is -0.486 e. The Bertz CT molecular complexity index is 653. The smallest absolute Gasteiger partial charge is 0.165 e. The third-order valence-electron chi connectivity index (χ3n) is 3.06. The lowest BCUT2D eigenvalue weighted by Gasteiger charge is -2.08. The van der Waals surface area contributed by atoms with Gasteiger partial charge in [-0.25, -0.2) is 4.39 Å². The largest absolute Gasteiger partial charge is 0.486 e. The summed E-state index contributed by atoms with van der Waals surface area (Å²) in [6.07, 6.45) is 0.997. The van der Waals surface area contributed by atoms with Gasteiger partial charge in [0.15, 0.2) is 11.6 Å². The Morgan fingerprint density at radius 3 is 2.48 bits per heavy atom. The molecule has 2 rings (SSSR count). The molecule has 0 fully saturated rings. The van der Waals surface area contributed by atoms with Crippen LogP contribution in [0, 0.1) is 17.7 Å². The monoisotopic (exact) mass is 302 g/mol. The number of alkyl halides is 1. The van der Waals surface area contributed by atoms with Gasteiger partial charge in [-0.05, 0) is 35.7 Å². The Labute approximate surface area is 129 Å². The van der Waals surface area contributed by atoms with Crippen molar-refractivity contribution in [3.05, 3.63) is 65.0 Å². The van der Waals surface area contributed by atoms with E-state index < -0.39 is 5.82 Å². The third-order valence-corrected chi connectivity index (χ3v) is 3.19. The van der Waals surface area contributed by atoms with Crippen LogP contribution in [0.4, 0.5) is 4.39 Å². The SMILES string of the molecule is CCc1ccc(COc2cc(C#CCCl)ccc2F)cc1. The predicted octanol–water partition coefficient (Wildman–Crippen LogP) is 4.56. The minimum atomic E-state index is -0.392. The van der Waals surface area contributed by atoms with Gasteiger partial charge in [0.25, 0.3) is 0 Å². The predicted molar refractivity (Wildman–Crippen MR) is 84.2 cm³/mol. The van der Waals surface area contributed by atoms with Gasteiger partial charge < -0.3 is 4.74 Å². The van der Waals surface area contributed by atoms with E-state index >= 15 is 0 Å². The first-order valence-corrected chi connectivity index (χ1v) is 7.31. The van der Waals surface area contributed by atoms with E-state index in [0.717, 1.165) is 12.0 Å². The van der Waals surface area contributed by atoms with E-state index in [4.69, 9.17) is 16.3 Å². The van der Waals surface area contributed by atoms with Crippen molar-refractivity contribution in [3.63, 3.8) is 0 Å². The third kappa shape index (κ3) is 4.51. The number of ether oxygens (including phenoxy) is 1. The van der Waals surface area contributed by atoms with Gasteiger partial charge in [-0.15, -0.1) is 11.6 Å². The molecule has 2 aromatic rings. The van der Waals surface area contributed by atoms with Crippen LogP contribution in [0.25, 0.3) is 0 Å². The molecule has 0 N–H and O–H groups in total. The summed E-state index contributed by atoms with van der Waals surface area (Å²) in [5, 5.41) is 0. The molecule has 108 valence electrons. The normalized spacial score (nSPS) is 9.86. The maximum atomic E-state index is 13.7. The number of aryl methyl sites for hydroxylation is 1. The number of hydrogen-bond acceptors (Lipinski definition) is 1. The van der Waals surface area contributed by atoms with E-state index in [9.17, 15) is 4.39 Å². The van der Waals surface area contributed by atoms with Crippen molar-refractivity contribution in [2.24, 2.45) is 0 Å². The lowest BCUT2D eigenvalue weighted by atomic mass is 10.1. The Morgan fingerprint density at radius 1 is 1.10 bits per heavy atom. The van der Waals surface area contributed by atoms with Gasteiger partial charge in [0, 0.05) is 5.56 Å². The van der Waals surface area contributed by atoms with Gasteiger partial charge >= 0.3 is 0 Å². The Balaban J connectivity index is 2.07. The van der Waals surface area contributed by atoms with Crippen LogP contribution in [-0.4, -0.2) is 5.88 Å². The van der Waals surface area contributed by atoms with Crippen LogP contribution in [0.5, 0.6) is 5.75 Å². The molecule has 0 aromatic heterocycles. The van der Waals surface area contributed by atoms with Crippen molar-refractivity contribution < 1.29 is 9.13 Å². The molecule has 0 atom stereocenters.